The Morgan fingerprint density at radius 3 is 2.18 bits per heavy atom. The lowest BCUT2D eigenvalue weighted by Crippen LogP contribution is -2.46. The molecule has 172 valence electrons. The lowest BCUT2D eigenvalue weighted by atomic mass is 9.98. The largest absolute Gasteiger partial charge is 0.478 e. The molecule has 0 heterocycles. The maximum Gasteiger partial charge on any atom is 0.408 e. The van der Waals surface area contributed by atoms with E-state index in [0.717, 1.165) is 25.8 Å². The average Bonchev–Trinajstić information content (AvgIpc) is 3.54. The molecule has 5 rings (SSSR count). The Morgan fingerprint density at radius 2 is 1.59 bits per heavy atom. The van der Waals surface area contributed by atoms with Crippen molar-refractivity contribution in [3.8, 4) is 11.1 Å². The number of carboxylic acids is 1. The minimum atomic E-state index is -1.14. The van der Waals surface area contributed by atoms with Crippen LogP contribution in [-0.2, 0) is 9.53 Å². The molecule has 3 aromatic carbocycles. The number of benzene rings is 3. The number of hydrogen-bond donors (Lipinski definition) is 3. The van der Waals surface area contributed by atoms with E-state index in [1.54, 1.807) is 12.1 Å². The van der Waals surface area contributed by atoms with Crippen LogP contribution >= 0.6 is 22.6 Å². The predicted octanol–water partition coefficient (Wildman–Crippen LogP) is 5.00. The van der Waals surface area contributed by atoms with Gasteiger partial charge in [-0.1, -0.05) is 48.5 Å². The van der Waals surface area contributed by atoms with E-state index in [1.807, 2.05) is 59.0 Å². The number of alkyl carbamates (subject to hydrolysis) is 1. The van der Waals surface area contributed by atoms with E-state index in [9.17, 15) is 19.5 Å². The van der Waals surface area contributed by atoms with E-state index in [1.165, 1.54) is 6.07 Å². The van der Waals surface area contributed by atoms with Gasteiger partial charge in [-0.05, 0) is 75.9 Å². The van der Waals surface area contributed by atoms with E-state index in [2.05, 4.69) is 22.8 Å². The number of aromatic carboxylic acids is 1. The Bertz CT molecular complexity index is 1270. The zero-order chi connectivity index (χ0) is 23.9. The molecule has 2 aliphatic rings. The molecule has 1 saturated carbocycles. The maximum absolute atomic E-state index is 12.9. The van der Waals surface area contributed by atoms with Gasteiger partial charge in [0.05, 0.1) is 11.3 Å². The normalized spacial score (nSPS) is 15.1. The summed E-state index contributed by atoms with van der Waals surface area (Å²) in [4.78, 5) is 37.1. The van der Waals surface area contributed by atoms with Crippen molar-refractivity contribution in [3.05, 3.63) is 87.0 Å². The van der Waals surface area contributed by atoms with Crippen LogP contribution in [0.2, 0.25) is 0 Å². The molecule has 0 unspecified atom stereocenters. The third kappa shape index (κ3) is 4.13. The number of rotatable bonds is 6. The Balaban J connectivity index is 1.25. The molecule has 0 bridgehead atoms. The number of anilines is 1. The Hall–Kier alpha value is -3.40. The summed E-state index contributed by atoms with van der Waals surface area (Å²) in [5, 5.41) is 14.8. The average molecular weight is 568 g/mol. The van der Waals surface area contributed by atoms with Crippen LogP contribution in [0.5, 0.6) is 0 Å². The van der Waals surface area contributed by atoms with Crippen molar-refractivity contribution >= 4 is 46.2 Å². The van der Waals surface area contributed by atoms with Crippen LogP contribution < -0.4 is 10.6 Å². The van der Waals surface area contributed by atoms with Crippen molar-refractivity contribution in [1.29, 1.82) is 0 Å². The first kappa shape index (κ1) is 22.4. The van der Waals surface area contributed by atoms with Crippen molar-refractivity contribution in [1.82, 2.24) is 5.32 Å². The molecular weight excluding hydrogens is 547 g/mol. The number of nitrogens with one attached hydrogen (secondary N) is 2. The van der Waals surface area contributed by atoms with Gasteiger partial charge in [0.25, 0.3) is 0 Å². The summed E-state index contributed by atoms with van der Waals surface area (Å²) in [5.41, 5.74) is 3.58. The predicted molar refractivity (Wildman–Crippen MR) is 135 cm³/mol. The molecule has 0 aromatic heterocycles. The van der Waals surface area contributed by atoms with Gasteiger partial charge in [0, 0.05) is 9.49 Å². The lowest BCUT2D eigenvalue weighted by Gasteiger charge is -2.19. The molecule has 0 aliphatic heterocycles. The number of carbonyl (C=O) groups excluding carboxylic acids is 2. The van der Waals surface area contributed by atoms with E-state index < -0.39 is 23.5 Å². The Labute approximate surface area is 209 Å². The molecule has 2 aliphatic carbocycles. The van der Waals surface area contributed by atoms with Crippen molar-refractivity contribution < 1.29 is 24.2 Å². The summed E-state index contributed by atoms with van der Waals surface area (Å²) < 4.78 is 6.31. The van der Waals surface area contributed by atoms with Crippen molar-refractivity contribution in [2.75, 3.05) is 11.9 Å². The summed E-state index contributed by atoms with van der Waals surface area (Å²) >= 11 is 2.01. The standard InChI is InChI=1S/C26H21IN2O5/c27-15-9-10-22(20(13-15)23(30)31)28-24(32)26(11-12-26)29-25(33)34-14-21-18-7-3-1-5-16(18)17-6-2-4-8-19(17)21/h1-10,13,21H,11-12,14H2,(H,28,32)(H,29,33)(H,30,31). The minimum Gasteiger partial charge on any atom is -0.478 e. The Kier molecular flexibility index (Phi) is 5.76. The van der Waals surface area contributed by atoms with Crippen LogP contribution in [0, 0.1) is 3.57 Å². The molecular formula is C26H21IN2O5. The van der Waals surface area contributed by atoms with E-state index in [4.69, 9.17) is 4.74 Å². The molecule has 0 radical (unpaired) electrons. The molecule has 2 amide bonds. The molecule has 7 nitrogen and oxygen atoms in total. The fraction of sp³-hybridized carbons (Fsp3) is 0.192. The van der Waals surface area contributed by atoms with Gasteiger partial charge in [-0.25, -0.2) is 9.59 Å². The summed E-state index contributed by atoms with van der Waals surface area (Å²) in [6, 6.07) is 20.9. The Morgan fingerprint density at radius 1 is 0.971 bits per heavy atom. The highest BCUT2D eigenvalue weighted by Gasteiger charge is 2.52. The summed E-state index contributed by atoms with van der Waals surface area (Å²) in [6.07, 6.45) is 0.238. The molecule has 3 aromatic rings. The molecule has 8 heteroatoms. The molecule has 1 fully saturated rings. The minimum absolute atomic E-state index is 0.00260. The van der Waals surface area contributed by atoms with Crippen molar-refractivity contribution in [2.24, 2.45) is 0 Å². The highest BCUT2D eigenvalue weighted by atomic mass is 127. The van der Waals surface area contributed by atoms with Crippen LogP contribution in [0.25, 0.3) is 11.1 Å². The molecule has 0 atom stereocenters. The summed E-state index contributed by atoms with van der Waals surface area (Å²) in [6.45, 7) is 0.151. The zero-order valence-electron chi connectivity index (χ0n) is 18.0. The lowest BCUT2D eigenvalue weighted by molar-refractivity contribution is -0.119. The van der Waals surface area contributed by atoms with Crippen LogP contribution in [0.3, 0.4) is 0 Å². The van der Waals surface area contributed by atoms with E-state index in [0.29, 0.717) is 12.8 Å². The molecule has 0 saturated heterocycles. The van der Waals surface area contributed by atoms with Gasteiger partial charge in [0.2, 0.25) is 5.91 Å². The number of fused-ring (bicyclic) bond motifs is 3. The fourth-order valence-electron chi connectivity index (χ4n) is 4.41. The number of ether oxygens (including phenoxy) is 1. The first-order valence-corrected chi connectivity index (χ1v) is 11.9. The molecule has 34 heavy (non-hydrogen) atoms. The number of hydrogen-bond acceptors (Lipinski definition) is 4. The monoisotopic (exact) mass is 568 g/mol. The van der Waals surface area contributed by atoms with Gasteiger partial charge in [0.1, 0.15) is 12.1 Å². The topological polar surface area (TPSA) is 105 Å². The second-order valence-corrected chi connectivity index (χ2v) is 9.73. The maximum atomic E-state index is 12.9. The third-order valence-corrected chi connectivity index (χ3v) is 7.00. The molecule has 3 N–H and O–H groups in total. The number of amides is 2. The summed E-state index contributed by atoms with van der Waals surface area (Å²) in [7, 11) is 0. The van der Waals surface area contributed by atoms with Gasteiger partial charge in [-0.2, -0.15) is 0 Å². The first-order chi connectivity index (χ1) is 16.4. The van der Waals surface area contributed by atoms with Gasteiger partial charge >= 0.3 is 12.1 Å². The second kappa shape index (κ2) is 8.75. The van der Waals surface area contributed by atoms with Crippen LogP contribution in [0.15, 0.2) is 66.7 Å². The van der Waals surface area contributed by atoms with Crippen molar-refractivity contribution in [2.45, 2.75) is 24.3 Å². The second-order valence-electron chi connectivity index (χ2n) is 8.48. The highest BCUT2D eigenvalue weighted by Crippen LogP contribution is 2.44. The number of halogens is 1. The number of carbonyl (C=O) groups is 3. The van der Waals surface area contributed by atoms with E-state index in [-0.39, 0.29) is 23.8 Å². The van der Waals surface area contributed by atoms with Crippen LogP contribution in [0.1, 0.15) is 40.2 Å². The smallest absolute Gasteiger partial charge is 0.408 e. The van der Waals surface area contributed by atoms with Gasteiger partial charge < -0.3 is 20.5 Å². The molecule has 0 spiro atoms. The highest BCUT2D eigenvalue weighted by molar-refractivity contribution is 14.1. The zero-order valence-corrected chi connectivity index (χ0v) is 20.2. The van der Waals surface area contributed by atoms with Gasteiger partial charge in [0.15, 0.2) is 0 Å². The van der Waals surface area contributed by atoms with Gasteiger partial charge in [-0.15, -0.1) is 0 Å². The van der Waals surface area contributed by atoms with Crippen molar-refractivity contribution in [3.63, 3.8) is 0 Å². The third-order valence-electron chi connectivity index (χ3n) is 6.33. The van der Waals surface area contributed by atoms with Crippen LogP contribution in [-0.4, -0.2) is 35.2 Å². The fourth-order valence-corrected chi connectivity index (χ4v) is 4.90. The summed E-state index contributed by atoms with van der Waals surface area (Å²) in [5.74, 6) is -1.67. The SMILES string of the molecule is O=C(NC1(C(=O)Nc2ccc(I)cc2C(=O)O)CC1)OCC1c2ccccc2-c2ccccc21. The quantitative estimate of drug-likeness (QED) is 0.364. The van der Waals surface area contributed by atoms with Gasteiger partial charge in [-0.3, -0.25) is 4.79 Å². The van der Waals surface area contributed by atoms with Crippen LogP contribution in [0.4, 0.5) is 10.5 Å². The van der Waals surface area contributed by atoms with E-state index >= 15 is 0 Å². The first-order valence-electron chi connectivity index (χ1n) is 10.9. The number of carboxylic acid groups (broad SMARTS) is 1.